The Bertz CT molecular complexity index is 748. The van der Waals surface area contributed by atoms with Gasteiger partial charge in [0.1, 0.15) is 0 Å². The van der Waals surface area contributed by atoms with Gasteiger partial charge in [0, 0.05) is 0 Å². The molecule has 0 aliphatic carbocycles. The van der Waals surface area contributed by atoms with Crippen LogP contribution >= 0.6 is 0 Å². The van der Waals surface area contributed by atoms with E-state index in [1.807, 2.05) is 48.2 Å². The van der Waals surface area contributed by atoms with Gasteiger partial charge in [-0.2, -0.15) is 0 Å². The van der Waals surface area contributed by atoms with Gasteiger partial charge in [-0.05, 0) is 25.0 Å². The molecule has 0 spiro atoms. The van der Waals surface area contributed by atoms with Crippen LogP contribution in [-0.2, 0) is 4.79 Å². The summed E-state index contributed by atoms with van der Waals surface area (Å²) < 4.78 is 0. The highest BCUT2D eigenvalue weighted by atomic mass is 16.2. The van der Waals surface area contributed by atoms with Gasteiger partial charge in [0.15, 0.2) is 0 Å². The Morgan fingerprint density at radius 3 is 2.25 bits per heavy atom. The fourth-order valence-corrected chi connectivity index (χ4v) is 3.35. The molecule has 2 heteroatoms. The molecular formula is C22H23NO. The molecule has 1 aliphatic heterocycles. The molecule has 0 unspecified atom stereocenters. The Balaban J connectivity index is 1.86. The van der Waals surface area contributed by atoms with Gasteiger partial charge >= 0.3 is 0 Å². The van der Waals surface area contributed by atoms with Crippen LogP contribution in [0.1, 0.15) is 31.0 Å². The third-order valence-corrected chi connectivity index (χ3v) is 4.70. The second-order valence-electron chi connectivity index (χ2n) is 6.42. The van der Waals surface area contributed by atoms with E-state index in [0.717, 1.165) is 16.7 Å². The molecule has 1 heterocycles. The first-order chi connectivity index (χ1) is 11.6. The van der Waals surface area contributed by atoms with E-state index >= 15 is 0 Å². The molecule has 1 amide bonds. The lowest BCUT2D eigenvalue weighted by Gasteiger charge is -2.49. The molecule has 3 atom stereocenters. The number of benzene rings is 2. The molecule has 0 bridgehead atoms. The number of β-lactam (4-membered cyclic amide) rings is 1. The number of hydrogen-bond donors (Lipinski definition) is 0. The first-order valence-electron chi connectivity index (χ1n) is 8.35. The maximum absolute atomic E-state index is 12.7. The van der Waals surface area contributed by atoms with Crippen LogP contribution < -0.4 is 0 Å². The largest absolute Gasteiger partial charge is 0.328 e. The summed E-state index contributed by atoms with van der Waals surface area (Å²) in [6, 6.07) is 20.5. The molecule has 1 fully saturated rings. The van der Waals surface area contributed by atoms with Crippen molar-refractivity contribution in [3.63, 3.8) is 0 Å². The highest BCUT2D eigenvalue weighted by Gasteiger charge is 2.48. The van der Waals surface area contributed by atoms with Crippen molar-refractivity contribution < 1.29 is 4.79 Å². The first kappa shape index (κ1) is 16.3. The van der Waals surface area contributed by atoms with Crippen LogP contribution in [-0.4, -0.2) is 16.8 Å². The molecule has 2 aromatic carbocycles. The van der Waals surface area contributed by atoms with Crippen molar-refractivity contribution in [2.24, 2.45) is 5.92 Å². The number of hydrogen-bond acceptors (Lipinski definition) is 1. The number of likely N-dealkylation sites (tertiary alicyclic amines) is 1. The molecule has 0 aromatic heterocycles. The van der Waals surface area contributed by atoms with Gasteiger partial charge in [-0.15, -0.1) is 0 Å². The monoisotopic (exact) mass is 317 g/mol. The summed E-state index contributed by atoms with van der Waals surface area (Å²) in [5.74, 6) is 0.0534. The number of carbonyl (C=O) groups excluding carboxylic acids is 1. The predicted octanol–water partition coefficient (Wildman–Crippen LogP) is 4.86. The fraction of sp³-hybridized carbons (Fsp3) is 0.227. The molecule has 0 radical (unpaired) electrons. The molecule has 2 aromatic rings. The van der Waals surface area contributed by atoms with Crippen LogP contribution in [0.5, 0.6) is 0 Å². The Hall–Kier alpha value is -2.61. The van der Waals surface area contributed by atoms with Gasteiger partial charge in [-0.1, -0.05) is 85.0 Å². The third kappa shape index (κ3) is 3.05. The average Bonchev–Trinajstić information content (AvgIpc) is 2.59. The van der Waals surface area contributed by atoms with Crippen LogP contribution in [0.2, 0.25) is 0 Å². The molecule has 0 saturated carbocycles. The zero-order valence-electron chi connectivity index (χ0n) is 14.2. The molecule has 0 N–H and O–H groups in total. The van der Waals surface area contributed by atoms with Crippen molar-refractivity contribution in [2.45, 2.75) is 25.9 Å². The maximum Gasteiger partial charge on any atom is 0.233 e. The van der Waals surface area contributed by atoms with E-state index in [0.29, 0.717) is 0 Å². The maximum atomic E-state index is 12.7. The molecule has 24 heavy (non-hydrogen) atoms. The van der Waals surface area contributed by atoms with Gasteiger partial charge in [0.25, 0.3) is 0 Å². The fourth-order valence-electron chi connectivity index (χ4n) is 3.35. The Morgan fingerprint density at radius 1 is 1.08 bits per heavy atom. The summed E-state index contributed by atoms with van der Waals surface area (Å²) in [5.41, 5.74) is 3.23. The lowest BCUT2D eigenvalue weighted by molar-refractivity contribution is -0.154. The second-order valence-corrected chi connectivity index (χ2v) is 6.42. The lowest BCUT2D eigenvalue weighted by atomic mass is 9.80. The Kier molecular flexibility index (Phi) is 4.66. The van der Waals surface area contributed by atoms with Crippen molar-refractivity contribution in [3.05, 3.63) is 90.0 Å². The standard InChI is InChI=1S/C22H23NO/c1-16(2)21-20(15-14-18-10-6-4-7-11-18)23(22(21)24)17(3)19-12-8-5-9-13-19/h4-15,17,20-21H,1H2,2-3H3/b15-14+/t17-,20+,21-/m1/s1. The summed E-state index contributed by atoms with van der Waals surface area (Å²) in [4.78, 5) is 14.6. The summed E-state index contributed by atoms with van der Waals surface area (Å²) in [6.07, 6.45) is 4.23. The predicted molar refractivity (Wildman–Crippen MR) is 99.3 cm³/mol. The molecule has 1 saturated heterocycles. The quantitative estimate of drug-likeness (QED) is 0.569. The molecule has 2 nitrogen and oxygen atoms in total. The van der Waals surface area contributed by atoms with Gasteiger partial charge in [0.05, 0.1) is 18.0 Å². The van der Waals surface area contributed by atoms with Crippen LogP contribution in [0, 0.1) is 5.92 Å². The van der Waals surface area contributed by atoms with Crippen LogP contribution in [0.4, 0.5) is 0 Å². The zero-order chi connectivity index (χ0) is 17.1. The van der Waals surface area contributed by atoms with Crippen molar-refractivity contribution in [1.82, 2.24) is 4.90 Å². The number of carbonyl (C=O) groups is 1. The van der Waals surface area contributed by atoms with E-state index in [9.17, 15) is 4.79 Å². The van der Waals surface area contributed by atoms with Gasteiger partial charge < -0.3 is 4.90 Å². The molecule has 122 valence electrons. The van der Waals surface area contributed by atoms with E-state index in [1.54, 1.807) is 0 Å². The lowest BCUT2D eigenvalue weighted by Crippen LogP contribution is -2.60. The molecule has 1 aliphatic rings. The van der Waals surface area contributed by atoms with Crippen molar-refractivity contribution in [3.8, 4) is 0 Å². The van der Waals surface area contributed by atoms with E-state index in [4.69, 9.17) is 0 Å². The van der Waals surface area contributed by atoms with Crippen molar-refractivity contribution >= 4 is 12.0 Å². The van der Waals surface area contributed by atoms with E-state index in [1.165, 1.54) is 0 Å². The molecular weight excluding hydrogens is 294 g/mol. The second kappa shape index (κ2) is 6.88. The minimum Gasteiger partial charge on any atom is -0.328 e. The third-order valence-electron chi connectivity index (χ3n) is 4.70. The minimum atomic E-state index is -0.115. The number of rotatable bonds is 5. The highest BCUT2D eigenvalue weighted by Crippen LogP contribution is 2.39. The zero-order valence-corrected chi connectivity index (χ0v) is 14.2. The topological polar surface area (TPSA) is 20.3 Å². The summed E-state index contributed by atoms with van der Waals surface area (Å²) in [7, 11) is 0. The Labute approximate surface area is 144 Å². The van der Waals surface area contributed by atoms with Crippen LogP contribution in [0.15, 0.2) is 78.9 Å². The van der Waals surface area contributed by atoms with Gasteiger partial charge in [-0.25, -0.2) is 0 Å². The Morgan fingerprint density at radius 2 is 1.67 bits per heavy atom. The molecule has 3 rings (SSSR count). The summed E-state index contributed by atoms with van der Waals surface area (Å²) in [5, 5.41) is 0. The summed E-state index contributed by atoms with van der Waals surface area (Å²) in [6.45, 7) is 8.05. The number of amides is 1. The van der Waals surface area contributed by atoms with Crippen molar-refractivity contribution in [1.29, 1.82) is 0 Å². The smallest absolute Gasteiger partial charge is 0.233 e. The first-order valence-corrected chi connectivity index (χ1v) is 8.35. The van der Waals surface area contributed by atoms with E-state index < -0.39 is 0 Å². The van der Waals surface area contributed by atoms with Gasteiger partial charge in [-0.3, -0.25) is 4.79 Å². The van der Waals surface area contributed by atoms with Gasteiger partial charge in [0.2, 0.25) is 5.91 Å². The normalized spacial score (nSPS) is 21.6. The van der Waals surface area contributed by atoms with Crippen molar-refractivity contribution in [2.75, 3.05) is 0 Å². The number of nitrogens with zero attached hydrogens (tertiary/aromatic N) is 1. The summed E-state index contributed by atoms with van der Waals surface area (Å²) >= 11 is 0. The highest BCUT2D eigenvalue weighted by molar-refractivity contribution is 5.90. The van der Waals surface area contributed by atoms with E-state index in [-0.39, 0.29) is 23.9 Å². The van der Waals surface area contributed by atoms with Crippen LogP contribution in [0.25, 0.3) is 6.08 Å². The van der Waals surface area contributed by atoms with E-state index in [2.05, 4.69) is 49.9 Å². The minimum absolute atomic E-state index is 0.0553. The SMILES string of the molecule is C=C(C)[C@H]1C(=O)N([C@H](C)c2ccccc2)[C@H]1/C=C/c1ccccc1. The average molecular weight is 317 g/mol. The van der Waals surface area contributed by atoms with Crippen LogP contribution in [0.3, 0.4) is 0 Å².